The van der Waals surface area contributed by atoms with E-state index in [1.165, 1.54) is 11.1 Å². The van der Waals surface area contributed by atoms with Crippen molar-refractivity contribution in [3.05, 3.63) is 59.4 Å². The van der Waals surface area contributed by atoms with Gasteiger partial charge in [-0.15, -0.1) is 0 Å². The number of aromatic nitrogens is 1. The molecule has 2 heterocycles. The molecule has 0 saturated heterocycles. The first-order valence-corrected chi connectivity index (χ1v) is 7.21. The molecule has 20 heavy (non-hydrogen) atoms. The molecule has 1 aliphatic heterocycles. The van der Waals surface area contributed by atoms with Crippen molar-refractivity contribution in [3.8, 4) is 5.75 Å². The minimum atomic E-state index is 0.161. The summed E-state index contributed by atoms with van der Waals surface area (Å²) in [6, 6.07) is 12.6. The van der Waals surface area contributed by atoms with Crippen molar-refractivity contribution < 1.29 is 4.74 Å². The van der Waals surface area contributed by atoms with Crippen LogP contribution in [-0.4, -0.2) is 17.6 Å². The zero-order chi connectivity index (χ0) is 13.8. The van der Waals surface area contributed by atoms with Crippen molar-refractivity contribution in [2.45, 2.75) is 31.7 Å². The molecular weight excluding hydrogens is 248 g/mol. The molecule has 0 fully saturated rings. The van der Waals surface area contributed by atoms with E-state index in [0.29, 0.717) is 0 Å². The number of hydrogen-bond donors (Lipinski definition) is 1. The molecule has 1 unspecified atom stereocenters. The number of pyridine rings is 1. The Morgan fingerprint density at radius 1 is 1.25 bits per heavy atom. The molecule has 3 heteroatoms. The maximum absolute atomic E-state index is 6.20. The number of fused-ring (bicyclic) bond motifs is 1. The summed E-state index contributed by atoms with van der Waals surface area (Å²) in [4.78, 5) is 4.32. The van der Waals surface area contributed by atoms with Crippen LogP contribution in [0.3, 0.4) is 0 Å². The standard InChI is InChI=1S/C17H20N2O/c18-15(12-16-3-1-2-9-19-16)6-4-13-5-7-17-14(11-13)8-10-20-17/h1-3,5,7,9,11,15H,4,6,8,10,12,18H2. The second-order valence-corrected chi connectivity index (χ2v) is 5.36. The predicted octanol–water partition coefficient (Wildman–Crippen LogP) is 2.52. The topological polar surface area (TPSA) is 48.1 Å². The van der Waals surface area contributed by atoms with Crippen molar-refractivity contribution in [1.29, 1.82) is 0 Å². The van der Waals surface area contributed by atoms with Crippen molar-refractivity contribution in [3.63, 3.8) is 0 Å². The maximum Gasteiger partial charge on any atom is 0.122 e. The Kier molecular flexibility index (Phi) is 3.97. The second kappa shape index (κ2) is 6.06. The van der Waals surface area contributed by atoms with Gasteiger partial charge in [-0.1, -0.05) is 18.2 Å². The van der Waals surface area contributed by atoms with Crippen LogP contribution < -0.4 is 10.5 Å². The number of ether oxygens (including phenoxy) is 1. The van der Waals surface area contributed by atoms with Gasteiger partial charge >= 0.3 is 0 Å². The lowest BCUT2D eigenvalue weighted by molar-refractivity contribution is 0.357. The fourth-order valence-corrected chi connectivity index (χ4v) is 2.64. The Bertz CT molecular complexity index is 568. The summed E-state index contributed by atoms with van der Waals surface area (Å²) in [6.07, 6.45) is 5.69. The van der Waals surface area contributed by atoms with Crippen molar-refractivity contribution >= 4 is 0 Å². The zero-order valence-electron chi connectivity index (χ0n) is 11.6. The third kappa shape index (κ3) is 3.17. The number of aryl methyl sites for hydroxylation is 1. The summed E-state index contributed by atoms with van der Waals surface area (Å²) in [7, 11) is 0. The fourth-order valence-electron chi connectivity index (χ4n) is 2.64. The Labute approximate surface area is 119 Å². The lowest BCUT2D eigenvalue weighted by Gasteiger charge is -2.11. The number of benzene rings is 1. The maximum atomic E-state index is 6.20. The van der Waals surface area contributed by atoms with E-state index in [-0.39, 0.29) is 6.04 Å². The van der Waals surface area contributed by atoms with Gasteiger partial charge in [-0.2, -0.15) is 0 Å². The summed E-state index contributed by atoms with van der Waals surface area (Å²) in [5, 5.41) is 0. The molecule has 3 nitrogen and oxygen atoms in total. The summed E-state index contributed by atoms with van der Waals surface area (Å²) in [5.74, 6) is 1.05. The third-order valence-corrected chi connectivity index (χ3v) is 3.76. The number of nitrogens with two attached hydrogens (primary N) is 1. The van der Waals surface area contributed by atoms with Gasteiger partial charge in [-0.3, -0.25) is 4.98 Å². The van der Waals surface area contributed by atoms with Gasteiger partial charge in [-0.05, 0) is 42.2 Å². The highest BCUT2D eigenvalue weighted by Gasteiger charge is 2.12. The molecule has 2 N–H and O–H groups in total. The van der Waals surface area contributed by atoms with E-state index in [4.69, 9.17) is 10.5 Å². The number of hydrogen-bond acceptors (Lipinski definition) is 3. The first-order valence-electron chi connectivity index (χ1n) is 7.21. The molecule has 0 amide bonds. The van der Waals surface area contributed by atoms with E-state index >= 15 is 0 Å². The van der Waals surface area contributed by atoms with Crippen molar-refractivity contribution in [2.24, 2.45) is 5.73 Å². The largest absolute Gasteiger partial charge is 0.493 e. The number of rotatable bonds is 5. The molecule has 0 radical (unpaired) electrons. The normalized spacial score (nSPS) is 14.7. The van der Waals surface area contributed by atoms with Crippen molar-refractivity contribution in [1.82, 2.24) is 4.98 Å². The molecule has 1 aromatic heterocycles. The number of nitrogens with zero attached hydrogens (tertiary/aromatic N) is 1. The minimum Gasteiger partial charge on any atom is -0.493 e. The summed E-state index contributed by atoms with van der Waals surface area (Å²) in [6.45, 7) is 0.817. The van der Waals surface area contributed by atoms with Crippen LogP contribution in [0.15, 0.2) is 42.6 Å². The van der Waals surface area contributed by atoms with Gasteiger partial charge in [0.05, 0.1) is 6.61 Å². The molecule has 104 valence electrons. The van der Waals surface area contributed by atoms with Crippen molar-refractivity contribution in [2.75, 3.05) is 6.61 Å². The summed E-state index contributed by atoms with van der Waals surface area (Å²) in [5.41, 5.74) is 9.96. The average Bonchev–Trinajstić information content (AvgIpc) is 2.93. The van der Waals surface area contributed by atoms with Crippen LogP contribution in [0.1, 0.15) is 23.2 Å². The summed E-state index contributed by atoms with van der Waals surface area (Å²) < 4.78 is 5.53. The molecule has 0 bridgehead atoms. The van der Waals surface area contributed by atoms with Gasteiger partial charge < -0.3 is 10.5 Å². The van der Waals surface area contributed by atoms with Gasteiger partial charge in [0.15, 0.2) is 0 Å². The van der Waals surface area contributed by atoms with Gasteiger partial charge in [0.25, 0.3) is 0 Å². The second-order valence-electron chi connectivity index (χ2n) is 5.36. The molecule has 0 saturated carbocycles. The van der Waals surface area contributed by atoms with E-state index in [1.807, 2.05) is 24.4 Å². The first kappa shape index (κ1) is 13.1. The Hall–Kier alpha value is -1.87. The highest BCUT2D eigenvalue weighted by molar-refractivity contribution is 5.39. The minimum absolute atomic E-state index is 0.161. The lowest BCUT2D eigenvalue weighted by atomic mass is 10.00. The summed E-state index contributed by atoms with van der Waals surface area (Å²) >= 11 is 0. The van der Waals surface area contributed by atoms with E-state index < -0.39 is 0 Å². The van der Waals surface area contributed by atoms with Gasteiger partial charge in [-0.25, -0.2) is 0 Å². The Morgan fingerprint density at radius 2 is 2.20 bits per heavy atom. The van der Waals surface area contributed by atoms with E-state index in [9.17, 15) is 0 Å². The molecule has 3 rings (SSSR count). The highest BCUT2D eigenvalue weighted by Crippen LogP contribution is 2.26. The van der Waals surface area contributed by atoms with E-state index in [1.54, 1.807) is 0 Å². The van der Waals surface area contributed by atoms with Crippen LogP contribution in [0.5, 0.6) is 5.75 Å². The lowest BCUT2D eigenvalue weighted by Crippen LogP contribution is -2.24. The fraction of sp³-hybridized carbons (Fsp3) is 0.353. The predicted molar refractivity (Wildman–Crippen MR) is 79.9 cm³/mol. The highest BCUT2D eigenvalue weighted by atomic mass is 16.5. The first-order chi connectivity index (χ1) is 9.81. The molecule has 1 aromatic carbocycles. The smallest absolute Gasteiger partial charge is 0.122 e. The van der Waals surface area contributed by atoms with Gasteiger partial charge in [0.2, 0.25) is 0 Å². The molecule has 0 aliphatic carbocycles. The monoisotopic (exact) mass is 268 g/mol. The van der Waals surface area contributed by atoms with Crippen LogP contribution in [0.2, 0.25) is 0 Å². The van der Waals surface area contributed by atoms with Crippen LogP contribution >= 0.6 is 0 Å². The zero-order valence-corrected chi connectivity index (χ0v) is 11.6. The Balaban J connectivity index is 1.54. The van der Waals surface area contributed by atoms with Crippen LogP contribution in [-0.2, 0) is 19.3 Å². The van der Waals surface area contributed by atoms with Gasteiger partial charge in [0.1, 0.15) is 5.75 Å². The van der Waals surface area contributed by atoms with Crippen LogP contribution in [0, 0.1) is 0 Å². The molecule has 2 aromatic rings. The van der Waals surface area contributed by atoms with Crippen LogP contribution in [0.25, 0.3) is 0 Å². The molecular formula is C17H20N2O. The van der Waals surface area contributed by atoms with Gasteiger partial charge in [0, 0.05) is 30.8 Å². The molecule has 1 atom stereocenters. The van der Waals surface area contributed by atoms with Crippen LogP contribution in [0.4, 0.5) is 0 Å². The molecule has 1 aliphatic rings. The quantitative estimate of drug-likeness (QED) is 0.906. The van der Waals surface area contributed by atoms with E-state index in [0.717, 1.165) is 43.7 Å². The Morgan fingerprint density at radius 3 is 3.05 bits per heavy atom. The SMILES string of the molecule is NC(CCc1ccc2c(c1)CCO2)Cc1ccccn1. The third-order valence-electron chi connectivity index (χ3n) is 3.76. The molecule has 0 spiro atoms. The van der Waals surface area contributed by atoms with E-state index in [2.05, 4.69) is 23.2 Å². The average molecular weight is 268 g/mol.